The van der Waals surface area contributed by atoms with Gasteiger partial charge in [-0.25, -0.2) is 18.3 Å². The van der Waals surface area contributed by atoms with E-state index in [0.29, 0.717) is 0 Å². The molecule has 1 N–H and O–H groups in total. The number of hydrogen-bond donors (Lipinski definition) is 1. The Morgan fingerprint density at radius 2 is 1.83 bits per heavy atom. The Kier molecular flexibility index (Phi) is 4.07. The summed E-state index contributed by atoms with van der Waals surface area (Å²) >= 11 is 0. The predicted octanol–water partition coefficient (Wildman–Crippen LogP) is 3.28. The highest BCUT2D eigenvalue weighted by Crippen LogP contribution is 2.25. The van der Waals surface area contributed by atoms with E-state index in [9.17, 15) is 18.7 Å². The lowest BCUT2D eigenvalue weighted by Gasteiger charge is -2.10. The molecule has 3 rings (SSSR count). The van der Waals surface area contributed by atoms with Crippen LogP contribution in [0.25, 0.3) is 11.3 Å². The molecule has 0 atom stereocenters. The summed E-state index contributed by atoms with van der Waals surface area (Å²) in [7, 11) is 0. The summed E-state index contributed by atoms with van der Waals surface area (Å²) in [6, 6.07) is 10.3. The molecule has 5 nitrogen and oxygen atoms in total. The van der Waals surface area contributed by atoms with Gasteiger partial charge >= 0.3 is 5.97 Å². The first-order valence-corrected chi connectivity index (χ1v) is 7.13. The van der Waals surface area contributed by atoms with Crippen molar-refractivity contribution < 1.29 is 18.7 Å². The number of carbonyl (C=O) groups is 1. The minimum atomic E-state index is -1.31. The van der Waals surface area contributed by atoms with Crippen molar-refractivity contribution in [1.29, 1.82) is 0 Å². The maximum absolute atomic E-state index is 13.5. The monoisotopic (exact) mass is 329 g/mol. The van der Waals surface area contributed by atoms with E-state index >= 15 is 0 Å². The van der Waals surface area contributed by atoms with Crippen molar-refractivity contribution in [2.24, 2.45) is 0 Å². The second kappa shape index (κ2) is 6.19. The van der Waals surface area contributed by atoms with Gasteiger partial charge in [0.25, 0.3) is 0 Å². The maximum Gasteiger partial charge on any atom is 0.358 e. The van der Waals surface area contributed by atoms with Crippen molar-refractivity contribution in [1.82, 2.24) is 15.0 Å². The fraction of sp³-hybridized carbons (Fsp3) is 0.118. The summed E-state index contributed by atoms with van der Waals surface area (Å²) in [5.41, 5.74) is 1.67. The Bertz CT molecular complexity index is 902. The van der Waals surface area contributed by atoms with Crippen LogP contribution < -0.4 is 0 Å². The minimum Gasteiger partial charge on any atom is -0.476 e. The Morgan fingerprint density at radius 3 is 2.46 bits per heavy atom. The number of aromatic nitrogens is 3. The predicted molar refractivity (Wildman–Crippen MR) is 82.6 cm³/mol. The number of rotatable bonds is 4. The number of nitrogens with zero attached hydrogens (tertiary/aromatic N) is 3. The summed E-state index contributed by atoms with van der Waals surface area (Å²) in [6.07, 6.45) is 0. The van der Waals surface area contributed by atoms with E-state index in [1.165, 1.54) is 4.68 Å². The number of halogens is 2. The van der Waals surface area contributed by atoms with E-state index in [0.717, 1.165) is 29.3 Å². The van der Waals surface area contributed by atoms with Gasteiger partial charge in [0, 0.05) is 11.6 Å². The normalized spacial score (nSPS) is 10.8. The summed E-state index contributed by atoms with van der Waals surface area (Å²) in [4.78, 5) is 11.4. The molecule has 7 heteroatoms. The van der Waals surface area contributed by atoms with Gasteiger partial charge in [-0.2, -0.15) is 0 Å². The van der Waals surface area contributed by atoms with Crippen molar-refractivity contribution >= 4 is 5.97 Å². The molecule has 0 radical (unpaired) electrons. The zero-order chi connectivity index (χ0) is 17.3. The lowest BCUT2D eigenvalue weighted by atomic mass is 10.1. The molecule has 0 saturated heterocycles. The molecule has 3 aromatic rings. The van der Waals surface area contributed by atoms with Crippen LogP contribution in [0.4, 0.5) is 8.78 Å². The molecular formula is C17H13F2N3O2. The molecule has 0 spiro atoms. The number of carboxylic acid groups (broad SMARTS) is 1. The number of benzene rings is 2. The molecule has 1 aromatic heterocycles. The van der Waals surface area contributed by atoms with Gasteiger partial charge in [-0.3, -0.25) is 0 Å². The van der Waals surface area contributed by atoms with Crippen LogP contribution in [0.5, 0.6) is 0 Å². The molecule has 2 aromatic carbocycles. The highest BCUT2D eigenvalue weighted by atomic mass is 19.1. The lowest BCUT2D eigenvalue weighted by molar-refractivity contribution is 0.0691. The van der Waals surface area contributed by atoms with Gasteiger partial charge in [-0.1, -0.05) is 29.5 Å². The molecule has 0 bridgehead atoms. The molecule has 0 aliphatic rings. The van der Waals surface area contributed by atoms with Crippen molar-refractivity contribution in [2.75, 3.05) is 0 Å². The number of carboxylic acids is 1. The highest BCUT2D eigenvalue weighted by molar-refractivity contribution is 5.92. The van der Waals surface area contributed by atoms with Crippen LogP contribution in [0.2, 0.25) is 0 Å². The van der Waals surface area contributed by atoms with E-state index in [1.54, 1.807) is 0 Å². The summed E-state index contributed by atoms with van der Waals surface area (Å²) in [5.74, 6) is -2.92. The largest absolute Gasteiger partial charge is 0.476 e. The van der Waals surface area contributed by atoms with Crippen LogP contribution in [-0.2, 0) is 6.54 Å². The number of aromatic carboxylic acids is 1. The van der Waals surface area contributed by atoms with Gasteiger partial charge in [-0.05, 0) is 30.2 Å². The first-order valence-electron chi connectivity index (χ1n) is 7.13. The van der Waals surface area contributed by atoms with Crippen molar-refractivity contribution in [3.8, 4) is 11.3 Å². The second-order valence-corrected chi connectivity index (χ2v) is 5.33. The highest BCUT2D eigenvalue weighted by Gasteiger charge is 2.22. The Balaban J connectivity index is 2.14. The molecule has 24 heavy (non-hydrogen) atoms. The van der Waals surface area contributed by atoms with Gasteiger partial charge in [0.1, 0.15) is 17.3 Å². The zero-order valence-electron chi connectivity index (χ0n) is 12.7. The van der Waals surface area contributed by atoms with Crippen LogP contribution >= 0.6 is 0 Å². The average Bonchev–Trinajstić information content (AvgIpc) is 2.92. The molecule has 0 fully saturated rings. The topological polar surface area (TPSA) is 68.0 Å². The first-order chi connectivity index (χ1) is 11.5. The Morgan fingerprint density at radius 1 is 1.17 bits per heavy atom. The Hall–Kier alpha value is -3.09. The standard InChI is InChI=1S/C17H13F2N3O2/c1-10-4-2-3-5-11(10)9-22-16(15(17(23)24)20-21-22)12-6-13(18)8-14(19)7-12/h2-8H,9H2,1H3,(H,23,24). The van der Waals surface area contributed by atoms with Crippen LogP contribution in [0.15, 0.2) is 42.5 Å². The van der Waals surface area contributed by atoms with Crippen LogP contribution in [0, 0.1) is 18.6 Å². The van der Waals surface area contributed by atoms with Gasteiger partial charge in [0.05, 0.1) is 6.54 Å². The van der Waals surface area contributed by atoms with Gasteiger partial charge in [0.15, 0.2) is 5.69 Å². The fourth-order valence-electron chi connectivity index (χ4n) is 2.49. The van der Waals surface area contributed by atoms with E-state index < -0.39 is 17.6 Å². The van der Waals surface area contributed by atoms with E-state index in [-0.39, 0.29) is 23.5 Å². The smallest absolute Gasteiger partial charge is 0.358 e. The molecule has 0 amide bonds. The average molecular weight is 329 g/mol. The van der Waals surface area contributed by atoms with Crippen LogP contribution in [0.1, 0.15) is 21.6 Å². The summed E-state index contributed by atoms with van der Waals surface area (Å²) in [6.45, 7) is 2.15. The van der Waals surface area contributed by atoms with Gasteiger partial charge in [-0.15, -0.1) is 5.10 Å². The number of hydrogen-bond acceptors (Lipinski definition) is 3. The van der Waals surface area contributed by atoms with E-state index in [2.05, 4.69) is 10.3 Å². The van der Waals surface area contributed by atoms with Crippen molar-refractivity contribution in [3.63, 3.8) is 0 Å². The van der Waals surface area contributed by atoms with Crippen molar-refractivity contribution in [3.05, 3.63) is 70.9 Å². The first kappa shape index (κ1) is 15.8. The van der Waals surface area contributed by atoms with Crippen LogP contribution in [-0.4, -0.2) is 26.1 Å². The van der Waals surface area contributed by atoms with E-state index in [1.807, 2.05) is 31.2 Å². The quantitative estimate of drug-likeness (QED) is 0.797. The third kappa shape index (κ3) is 3.01. The fourth-order valence-corrected chi connectivity index (χ4v) is 2.49. The molecule has 0 saturated carbocycles. The maximum atomic E-state index is 13.5. The van der Waals surface area contributed by atoms with Gasteiger partial charge in [0.2, 0.25) is 0 Å². The summed E-state index contributed by atoms with van der Waals surface area (Å²) in [5, 5.41) is 16.8. The zero-order valence-corrected chi connectivity index (χ0v) is 12.7. The molecule has 0 unspecified atom stereocenters. The third-order valence-corrected chi connectivity index (χ3v) is 3.66. The molecule has 1 heterocycles. The van der Waals surface area contributed by atoms with Crippen molar-refractivity contribution in [2.45, 2.75) is 13.5 Å². The second-order valence-electron chi connectivity index (χ2n) is 5.33. The third-order valence-electron chi connectivity index (χ3n) is 3.66. The van der Waals surface area contributed by atoms with E-state index in [4.69, 9.17) is 0 Å². The molecular weight excluding hydrogens is 316 g/mol. The lowest BCUT2D eigenvalue weighted by Crippen LogP contribution is -2.07. The molecule has 0 aliphatic heterocycles. The van der Waals surface area contributed by atoms with Crippen LogP contribution in [0.3, 0.4) is 0 Å². The summed E-state index contributed by atoms with van der Waals surface area (Å²) < 4.78 is 28.4. The SMILES string of the molecule is Cc1ccccc1Cn1nnc(C(=O)O)c1-c1cc(F)cc(F)c1. The van der Waals surface area contributed by atoms with Gasteiger partial charge < -0.3 is 5.11 Å². The molecule has 122 valence electrons. The minimum absolute atomic E-state index is 0.0594. The Labute approximate surface area is 136 Å². The molecule has 0 aliphatic carbocycles. The number of aryl methyl sites for hydroxylation is 1.